The number of hydrogen-bond donors (Lipinski definition) is 1. The van der Waals surface area contributed by atoms with Gasteiger partial charge in [-0.25, -0.2) is 9.78 Å². The molecule has 0 fully saturated rings. The van der Waals surface area contributed by atoms with Crippen LogP contribution in [0.2, 0.25) is 0 Å². The molecule has 1 N–H and O–H groups in total. The number of nitrogens with zero attached hydrogens (tertiary/aromatic N) is 2. The van der Waals surface area contributed by atoms with Crippen molar-refractivity contribution < 1.29 is 9.90 Å². The van der Waals surface area contributed by atoms with E-state index in [1.165, 1.54) is 11.1 Å². The van der Waals surface area contributed by atoms with Crippen molar-refractivity contribution >= 4 is 17.7 Å². The SMILES string of the molecule is Cc1ccc(-c2nc3ccccn3c2/C=C/C(=O)O)cc1C. The van der Waals surface area contributed by atoms with E-state index in [9.17, 15) is 4.79 Å². The van der Waals surface area contributed by atoms with E-state index < -0.39 is 5.97 Å². The molecule has 0 aliphatic rings. The maximum atomic E-state index is 10.9. The van der Waals surface area contributed by atoms with Gasteiger partial charge in [0.15, 0.2) is 0 Å². The lowest BCUT2D eigenvalue weighted by Gasteiger charge is -2.04. The zero-order chi connectivity index (χ0) is 15.7. The van der Waals surface area contributed by atoms with Gasteiger partial charge in [0, 0.05) is 17.8 Å². The Morgan fingerprint density at radius 3 is 2.73 bits per heavy atom. The minimum absolute atomic E-state index is 0.765. The average Bonchev–Trinajstić information content (AvgIpc) is 2.86. The summed E-state index contributed by atoms with van der Waals surface area (Å²) in [5.74, 6) is -0.975. The van der Waals surface area contributed by atoms with Crippen LogP contribution in [0.4, 0.5) is 0 Å². The molecule has 0 atom stereocenters. The number of carboxylic acid groups (broad SMARTS) is 1. The third kappa shape index (κ3) is 2.51. The number of imidazole rings is 1. The second kappa shape index (κ2) is 5.48. The van der Waals surface area contributed by atoms with Crippen LogP contribution >= 0.6 is 0 Å². The Bertz CT molecular complexity index is 891. The fourth-order valence-electron chi connectivity index (χ4n) is 2.43. The van der Waals surface area contributed by atoms with Crippen LogP contribution in [0, 0.1) is 13.8 Å². The quantitative estimate of drug-likeness (QED) is 0.749. The molecule has 2 heterocycles. The van der Waals surface area contributed by atoms with Gasteiger partial charge in [0.25, 0.3) is 0 Å². The van der Waals surface area contributed by atoms with Gasteiger partial charge in [-0.1, -0.05) is 18.2 Å². The van der Waals surface area contributed by atoms with Crippen molar-refractivity contribution in [3.05, 3.63) is 65.5 Å². The number of benzene rings is 1. The van der Waals surface area contributed by atoms with E-state index in [1.54, 1.807) is 6.08 Å². The number of pyridine rings is 1. The van der Waals surface area contributed by atoms with Crippen LogP contribution in [0.1, 0.15) is 16.8 Å². The molecular formula is C18H16N2O2. The van der Waals surface area contributed by atoms with Gasteiger partial charge in [-0.05, 0) is 49.2 Å². The van der Waals surface area contributed by atoms with Crippen LogP contribution in [-0.4, -0.2) is 20.5 Å². The standard InChI is InChI=1S/C18H16N2O2/c1-12-6-7-14(11-13(12)2)18-15(8-9-17(21)22)20-10-4-3-5-16(20)19-18/h3-11H,1-2H3,(H,21,22)/b9-8+. The number of hydrogen-bond acceptors (Lipinski definition) is 2. The van der Waals surface area contributed by atoms with Gasteiger partial charge in [-0.3, -0.25) is 4.40 Å². The number of aromatic nitrogens is 2. The lowest BCUT2D eigenvalue weighted by Crippen LogP contribution is -1.91. The molecule has 0 saturated heterocycles. The normalized spacial score (nSPS) is 11.4. The Morgan fingerprint density at radius 1 is 1.18 bits per heavy atom. The first-order chi connectivity index (χ1) is 10.6. The van der Waals surface area contributed by atoms with Gasteiger partial charge in [-0.2, -0.15) is 0 Å². The van der Waals surface area contributed by atoms with Crippen LogP contribution in [0.25, 0.3) is 23.0 Å². The molecule has 0 spiro atoms. The van der Waals surface area contributed by atoms with Crippen LogP contribution in [0.3, 0.4) is 0 Å². The van der Waals surface area contributed by atoms with Crippen molar-refractivity contribution in [2.24, 2.45) is 0 Å². The summed E-state index contributed by atoms with van der Waals surface area (Å²) in [5.41, 5.74) is 5.73. The summed E-state index contributed by atoms with van der Waals surface area (Å²) in [7, 11) is 0. The number of carboxylic acids is 1. The van der Waals surface area contributed by atoms with Crippen molar-refractivity contribution in [3.8, 4) is 11.3 Å². The minimum Gasteiger partial charge on any atom is -0.478 e. The highest BCUT2D eigenvalue weighted by atomic mass is 16.4. The summed E-state index contributed by atoms with van der Waals surface area (Å²) in [6.07, 6.45) is 4.61. The largest absolute Gasteiger partial charge is 0.478 e. The van der Waals surface area contributed by atoms with Gasteiger partial charge in [0.2, 0.25) is 0 Å². The van der Waals surface area contributed by atoms with Crippen molar-refractivity contribution in [1.82, 2.24) is 9.38 Å². The molecule has 2 aromatic heterocycles. The van der Waals surface area contributed by atoms with Crippen LogP contribution in [-0.2, 0) is 4.79 Å². The molecular weight excluding hydrogens is 276 g/mol. The lowest BCUT2D eigenvalue weighted by molar-refractivity contribution is -0.131. The fraction of sp³-hybridized carbons (Fsp3) is 0.111. The van der Waals surface area contributed by atoms with E-state index in [4.69, 9.17) is 5.11 Å². The highest BCUT2D eigenvalue weighted by Crippen LogP contribution is 2.27. The van der Waals surface area contributed by atoms with Crippen molar-refractivity contribution in [2.75, 3.05) is 0 Å². The van der Waals surface area contributed by atoms with Crippen LogP contribution < -0.4 is 0 Å². The predicted octanol–water partition coefficient (Wildman–Crippen LogP) is 3.72. The number of carbonyl (C=O) groups is 1. The molecule has 0 amide bonds. The van der Waals surface area contributed by atoms with E-state index >= 15 is 0 Å². The molecule has 22 heavy (non-hydrogen) atoms. The van der Waals surface area contributed by atoms with Crippen molar-refractivity contribution in [3.63, 3.8) is 0 Å². The van der Waals surface area contributed by atoms with E-state index in [1.807, 2.05) is 34.9 Å². The molecule has 110 valence electrons. The zero-order valence-corrected chi connectivity index (χ0v) is 12.4. The van der Waals surface area contributed by atoms with E-state index in [0.29, 0.717) is 0 Å². The fourth-order valence-corrected chi connectivity index (χ4v) is 2.43. The number of fused-ring (bicyclic) bond motifs is 1. The van der Waals surface area contributed by atoms with Gasteiger partial charge < -0.3 is 5.11 Å². The first kappa shape index (κ1) is 14.1. The molecule has 0 aliphatic heterocycles. The smallest absolute Gasteiger partial charge is 0.328 e. The summed E-state index contributed by atoms with van der Waals surface area (Å²) in [4.78, 5) is 15.5. The highest BCUT2D eigenvalue weighted by Gasteiger charge is 2.12. The zero-order valence-electron chi connectivity index (χ0n) is 12.4. The van der Waals surface area contributed by atoms with E-state index in [-0.39, 0.29) is 0 Å². The number of rotatable bonds is 3. The van der Waals surface area contributed by atoms with Crippen LogP contribution in [0.15, 0.2) is 48.7 Å². The maximum absolute atomic E-state index is 10.9. The highest BCUT2D eigenvalue weighted by molar-refractivity contribution is 5.87. The summed E-state index contributed by atoms with van der Waals surface area (Å²) in [5, 5.41) is 8.91. The molecule has 0 aliphatic carbocycles. The van der Waals surface area contributed by atoms with Gasteiger partial charge >= 0.3 is 5.97 Å². The summed E-state index contributed by atoms with van der Waals surface area (Å²) in [6.45, 7) is 4.12. The molecule has 0 bridgehead atoms. The minimum atomic E-state index is -0.975. The number of aliphatic carboxylic acids is 1. The molecule has 0 unspecified atom stereocenters. The molecule has 4 nitrogen and oxygen atoms in total. The molecule has 1 aromatic carbocycles. The third-order valence-electron chi connectivity index (χ3n) is 3.73. The summed E-state index contributed by atoms with van der Waals surface area (Å²) in [6, 6.07) is 11.9. The van der Waals surface area contributed by atoms with E-state index in [2.05, 4.69) is 31.0 Å². The van der Waals surface area contributed by atoms with Crippen molar-refractivity contribution in [2.45, 2.75) is 13.8 Å². The van der Waals surface area contributed by atoms with Crippen LogP contribution in [0.5, 0.6) is 0 Å². The Hall–Kier alpha value is -2.88. The van der Waals surface area contributed by atoms with Gasteiger partial charge in [-0.15, -0.1) is 0 Å². The van der Waals surface area contributed by atoms with Crippen molar-refractivity contribution in [1.29, 1.82) is 0 Å². The lowest BCUT2D eigenvalue weighted by atomic mass is 10.0. The van der Waals surface area contributed by atoms with Gasteiger partial charge in [0.05, 0.1) is 11.4 Å². The molecule has 0 radical (unpaired) electrons. The first-order valence-electron chi connectivity index (χ1n) is 7.02. The Morgan fingerprint density at radius 2 is 2.00 bits per heavy atom. The number of aryl methyl sites for hydroxylation is 2. The molecule has 0 saturated carbocycles. The molecule has 3 aromatic rings. The van der Waals surface area contributed by atoms with E-state index in [0.717, 1.165) is 28.7 Å². The summed E-state index contributed by atoms with van der Waals surface area (Å²) < 4.78 is 1.89. The Balaban J connectivity index is 2.25. The maximum Gasteiger partial charge on any atom is 0.328 e. The third-order valence-corrected chi connectivity index (χ3v) is 3.73. The summed E-state index contributed by atoms with van der Waals surface area (Å²) >= 11 is 0. The molecule has 3 rings (SSSR count). The second-order valence-corrected chi connectivity index (χ2v) is 5.25. The predicted molar refractivity (Wildman–Crippen MR) is 86.8 cm³/mol. The first-order valence-corrected chi connectivity index (χ1v) is 7.02. The molecule has 4 heteroatoms. The Labute approximate surface area is 128 Å². The van der Waals surface area contributed by atoms with Gasteiger partial charge in [0.1, 0.15) is 5.65 Å². The Kier molecular flexibility index (Phi) is 3.51. The average molecular weight is 292 g/mol. The monoisotopic (exact) mass is 292 g/mol. The topological polar surface area (TPSA) is 54.6 Å². The second-order valence-electron chi connectivity index (χ2n) is 5.25.